The molecule has 1 N–H and O–H groups in total. The van der Waals surface area contributed by atoms with Crippen LogP contribution in [0.1, 0.15) is 22.7 Å². The van der Waals surface area contributed by atoms with Gasteiger partial charge in [0.05, 0.1) is 35.3 Å². The molecular weight excluding hydrogens is 522 g/mol. The average molecular weight is 543 g/mol. The molecule has 174 valence electrons. The zero-order chi connectivity index (χ0) is 24.6. The second-order valence-electron chi connectivity index (χ2n) is 7.75. The largest absolute Gasteiger partial charge is 0.507 e. The number of Topliss-reactive ketones (excluding diaryl/α,β-unsaturated/α-hetero) is 1. The molecule has 1 heterocycles. The summed E-state index contributed by atoms with van der Waals surface area (Å²) < 4.78 is 11.1. The maximum Gasteiger partial charge on any atom is 0.300 e. The van der Waals surface area contributed by atoms with E-state index in [0.717, 1.165) is 5.56 Å². The highest BCUT2D eigenvalue weighted by Gasteiger charge is 2.47. The molecule has 1 unspecified atom stereocenters. The first kappa shape index (κ1) is 23.9. The first-order chi connectivity index (χ1) is 16.3. The van der Waals surface area contributed by atoms with Crippen molar-refractivity contribution in [2.75, 3.05) is 19.1 Å². The number of benzene rings is 3. The fourth-order valence-electron chi connectivity index (χ4n) is 4.03. The van der Waals surface area contributed by atoms with Crippen molar-refractivity contribution in [1.29, 1.82) is 0 Å². The van der Waals surface area contributed by atoms with E-state index in [4.69, 9.17) is 21.1 Å². The SMILES string of the molecule is COc1ccc(N2C(=O)C(=O)/C(=C(/O)c3ccc(OC)c(Br)c3)C2c2cccc(C)c2)cc1Cl. The Morgan fingerprint density at radius 3 is 2.32 bits per heavy atom. The Balaban J connectivity index is 1.94. The van der Waals surface area contributed by atoms with Gasteiger partial charge in [-0.15, -0.1) is 0 Å². The molecule has 3 aromatic carbocycles. The first-order valence-corrected chi connectivity index (χ1v) is 11.5. The lowest BCUT2D eigenvalue weighted by Crippen LogP contribution is -2.29. The van der Waals surface area contributed by atoms with E-state index in [1.54, 1.807) is 36.4 Å². The molecule has 3 aromatic rings. The number of amides is 1. The second kappa shape index (κ2) is 9.52. The van der Waals surface area contributed by atoms with Gasteiger partial charge >= 0.3 is 0 Å². The number of nitrogens with zero attached hydrogens (tertiary/aromatic N) is 1. The molecule has 1 aliphatic rings. The van der Waals surface area contributed by atoms with Crippen molar-refractivity contribution in [3.8, 4) is 11.5 Å². The van der Waals surface area contributed by atoms with Crippen molar-refractivity contribution in [2.45, 2.75) is 13.0 Å². The Morgan fingerprint density at radius 1 is 1.00 bits per heavy atom. The van der Waals surface area contributed by atoms with E-state index in [2.05, 4.69) is 15.9 Å². The van der Waals surface area contributed by atoms with Gasteiger partial charge in [0.2, 0.25) is 0 Å². The van der Waals surface area contributed by atoms with Crippen LogP contribution in [0.3, 0.4) is 0 Å². The van der Waals surface area contributed by atoms with Gasteiger partial charge in [0.15, 0.2) is 0 Å². The van der Waals surface area contributed by atoms with E-state index in [1.165, 1.54) is 19.1 Å². The van der Waals surface area contributed by atoms with Crippen molar-refractivity contribution in [3.05, 3.63) is 92.4 Å². The minimum Gasteiger partial charge on any atom is -0.507 e. The van der Waals surface area contributed by atoms with E-state index in [0.29, 0.717) is 37.8 Å². The van der Waals surface area contributed by atoms with E-state index < -0.39 is 17.7 Å². The molecule has 0 saturated carbocycles. The molecule has 1 saturated heterocycles. The smallest absolute Gasteiger partial charge is 0.300 e. The van der Waals surface area contributed by atoms with Crippen LogP contribution < -0.4 is 14.4 Å². The topological polar surface area (TPSA) is 76.1 Å². The number of carbonyl (C=O) groups excluding carboxylic acids is 2. The lowest BCUT2D eigenvalue weighted by Gasteiger charge is -2.26. The predicted octanol–water partition coefficient (Wildman–Crippen LogP) is 6.05. The number of methoxy groups -OCH3 is 2. The zero-order valence-electron chi connectivity index (χ0n) is 18.6. The molecule has 1 atom stereocenters. The van der Waals surface area contributed by atoms with E-state index >= 15 is 0 Å². The summed E-state index contributed by atoms with van der Waals surface area (Å²) in [7, 11) is 3.02. The van der Waals surface area contributed by atoms with Crippen molar-refractivity contribution < 1.29 is 24.2 Å². The van der Waals surface area contributed by atoms with Crippen LogP contribution in [0.5, 0.6) is 11.5 Å². The number of rotatable bonds is 5. The molecule has 4 rings (SSSR count). The van der Waals surface area contributed by atoms with Crippen LogP contribution in [0.4, 0.5) is 5.69 Å². The number of hydrogen-bond acceptors (Lipinski definition) is 5. The molecule has 1 amide bonds. The van der Waals surface area contributed by atoms with Crippen LogP contribution in [-0.4, -0.2) is 31.0 Å². The summed E-state index contributed by atoms with van der Waals surface area (Å²) in [6, 6.07) is 16.4. The number of aliphatic hydroxyl groups excluding tert-OH is 1. The lowest BCUT2D eigenvalue weighted by atomic mass is 9.94. The number of carbonyl (C=O) groups is 2. The monoisotopic (exact) mass is 541 g/mol. The number of hydrogen-bond donors (Lipinski definition) is 1. The molecular formula is C26H21BrClNO5. The van der Waals surface area contributed by atoms with Gasteiger partial charge < -0.3 is 14.6 Å². The summed E-state index contributed by atoms with van der Waals surface area (Å²) in [6.45, 7) is 1.92. The Kier molecular flexibility index (Phi) is 6.68. The maximum atomic E-state index is 13.3. The van der Waals surface area contributed by atoms with Gasteiger partial charge in [-0.1, -0.05) is 41.4 Å². The Morgan fingerprint density at radius 2 is 1.71 bits per heavy atom. The fraction of sp³-hybridized carbons (Fsp3) is 0.154. The third kappa shape index (κ3) is 4.17. The molecule has 0 aliphatic carbocycles. The number of halogens is 2. The summed E-state index contributed by atoms with van der Waals surface area (Å²) in [5.74, 6) is -0.822. The molecule has 0 bridgehead atoms. The normalized spacial score (nSPS) is 17.2. The second-order valence-corrected chi connectivity index (χ2v) is 9.01. The third-order valence-electron chi connectivity index (χ3n) is 5.64. The number of ether oxygens (including phenoxy) is 2. The minimum atomic E-state index is -0.856. The summed E-state index contributed by atoms with van der Waals surface area (Å²) >= 11 is 9.73. The van der Waals surface area contributed by atoms with Crippen molar-refractivity contribution in [3.63, 3.8) is 0 Å². The Hall–Kier alpha value is -3.29. The first-order valence-electron chi connectivity index (χ1n) is 10.3. The van der Waals surface area contributed by atoms with E-state index in [-0.39, 0.29) is 11.3 Å². The van der Waals surface area contributed by atoms with Crippen molar-refractivity contribution >= 4 is 50.7 Å². The molecule has 1 aliphatic heterocycles. The van der Waals surface area contributed by atoms with Gasteiger partial charge in [-0.25, -0.2) is 0 Å². The van der Waals surface area contributed by atoms with Gasteiger partial charge in [-0.2, -0.15) is 0 Å². The standard InChI is InChI=1S/C26H21BrClNO5/c1-14-5-4-6-15(11-14)23-22(24(30)16-7-9-20(33-2)18(27)12-16)25(31)26(32)29(23)17-8-10-21(34-3)19(28)13-17/h4-13,23,30H,1-3H3/b24-22+. The molecule has 0 aromatic heterocycles. The summed E-state index contributed by atoms with van der Waals surface area (Å²) in [5, 5.41) is 11.6. The van der Waals surface area contributed by atoms with Crippen molar-refractivity contribution in [2.24, 2.45) is 0 Å². The summed E-state index contributed by atoms with van der Waals surface area (Å²) in [4.78, 5) is 27.9. The molecule has 6 nitrogen and oxygen atoms in total. The van der Waals surface area contributed by atoms with Gasteiger partial charge in [0.1, 0.15) is 17.3 Å². The fourth-order valence-corrected chi connectivity index (χ4v) is 4.82. The third-order valence-corrected chi connectivity index (χ3v) is 6.56. The number of aryl methyl sites for hydroxylation is 1. The van der Waals surface area contributed by atoms with E-state index in [9.17, 15) is 14.7 Å². The minimum absolute atomic E-state index is 0.0143. The van der Waals surface area contributed by atoms with Gasteiger partial charge in [-0.3, -0.25) is 14.5 Å². The van der Waals surface area contributed by atoms with Crippen LogP contribution in [-0.2, 0) is 9.59 Å². The quantitative estimate of drug-likeness (QED) is 0.241. The molecule has 34 heavy (non-hydrogen) atoms. The van der Waals surface area contributed by atoms with Gasteiger partial charge in [0.25, 0.3) is 11.7 Å². The molecule has 0 radical (unpaired) electrons. The van der Waals surface area contributed by atoms with Gasteiger partial charge in [0, 0.05) is 11.3 Å². The lowest BCUT2D eigenvalue weighted by molar-refractivity contribution is -0.132. The van der Waals surface area contributed by atoms with Crippen molar-refractivity contribution in [1.82, 2.24) is 0 Å². The Labute approximate surface area is 210 Å². The molecule has 0 spiro atoms. The Bertz CT molecular complexity index is 1340. The molecule has 1 fully saturated rings. The number of aliphatic hydroxyl groups is 1. The van der Waals surface area contributed by atoms with Gasteiger partial charge in [-0.05, 0) is 64.8 Å². The van der Waals surface area contributed by atoms with Crippen LogP contribution >= 0.6 is 27.5 Å². The highest BCUT2D eigenvalue weighted by molar-refractivity contribution is 9.10. The maximum absolute atomic E-state index is 13.3. The predicted molar refractivity (Wildman–Crippen MR) is 135 cm³/mol. The summed E-state index contributed by atoms with van der Waals surface area (Å²) in [6.07, 6.45) is 0. The van der Waals surface area contributed by atoms with Crippen LogP contribution in [0, 0.1) is 6.92 Å². The van der Waals surface area contributed by atoms with Crippen LogP contribution in [0.25, 0.3) is 5.76 Å². The average Bonchev–Trinajstić information content (AvgIpc) is 3.09. The molecule has 8 heteroatoms. The number of anilines is 1. The zero-order valence-corrected chi connectivity index (χ0v) is 21.0. The van der Waals surface area contributed by atoms with Crippen LogP contribution in [0.15, 0.2) is 70.7 Å². The number of ketones is 1. The highest BCUT2D eigenvalue weighted by atomic mass is 79.9. The van der Waals surface area contributed by atoms with E-state index in [1.807, 2.05) is 31.2 Å². The van der Waals surface area contributed by atoms with Crippen LogP contribution in [0.2, 0.25) is 5.02 Å². The summed E-state index contributed by atoms with van der Waals surface area (Å²) in [5.41, 5.74) is 2.40. The highest BCUT2D eigenvalue weighted by Crippen LogP contribution is 2.44.